The number of ether oxygens (including phenoxy) is 2. The Morgan fingerprint density at radius 3 is 1.22 bits per heavy atom. The summed E-state index contributed by atoms with van der Waals surface area (Å²) in [5, 5.41) is 8.76. The fourth-order valence-corrected chi connectivity index (χ4v) is 17.2. The summed E-state index contributed by atoms with van der Waals surface area (Å²) >= 11 is 0. The number of nitrogens with one attached hydrogen (secondary N) is 2. The number of aryl methyl sites for hydroxylation is 4. The molecule has 0 aliphatic carbocycles. The van der Waals surface area contributed by atoms with E-state index in [2.05, 4.69) is 136 Å². The molecular weight excluding hydrogens is 1250 g/mol. The van der Waals surface area contributed by atoms with Crippen LogP contribution in [0.1, 0.15) is 152 Å². The van der Waals surface area contributed by atoms with Gasteiger partial charge in [-0.05, 0) is 220 Å². The smallest absolute Gasteiger partial charge is 0.213 e. The molecule has 16 nitrogen and oxygen atoms in total. The van der Waals surface area contributed by atoms with Crippen molar-refractivity contribution in [3.8, 4) is 11.5 Å². The highest BCUT2D eigenvalue weighted by atomic mass is 19.1. The predicted octanol–water partition coefficient (Wildman–Crippen LogP) is 17.1. The van der Waals surface area contributed by atoms with Crippen molar-refractivity contribution in [3.63, 3.8) is 0 Å². The van der Waals surface area contributed by atoms with Crippen LogP contribution < -0.4 is 20.3 Å². The second kappa shape index (κ2) is 30.8. The SMILES string of the molecule is COc1ccc2c3cc(F)nc(C)c3n(C(C)CN3CCCCC3)c2c1.COc1ccc2c3ccnc(C)c3n(C(C)CN3CCCCC3)c2c1.Cc1[nH]c(F)cc2c3ccc(=O)cc3n(C(C)CN3CCCCC3)c12.Cc1[nH]ccc2c3ccc(=O)cc3n(C(C)CN3CCCCC3)c12. The maximum absolute atomic E-state index is 14.0. The number of halogens is 2. The summed E-state index contributed by atoms with van der Waals surface area (Å²) in [6.07, 6.45) is 19.6. The topological polar surface area (TPSA) is 143 Å². The number of fused-ring (bicyclic) bond motifs is 12. The third-order valence-electron chi connectivity index (χ3n) is 21.7. The summed E-state index contributed by atoms with van der Waals surface area (Å²) in [7, 11) is 3.41. The first kappa shape index (κ1) is 70.0. The highest BCUT2D eigenvalue weighted by molar-refractivity contribution is 6.12. The van der Waals surface area contributed by atoms with Crippen LogP contribution in [0.3, 0.4) is 0 Å². The summed E-state index contributed by atoms with van der Waals surface area (Å²) in [5.74, 6) is 0.956. The molecule has 2 N–H and O–H groups in total. The van der Waals surface area contributed by atoms with Crippen molar-refractivity contribution in [1.82, 2.24) is 57.8 Å². The van der Waals surface area contributed by atoms with Crippen LogP contribution >= 0.6 is 0 Å². The Balaban J connectivity index is 0.000000120. The Kier molecular flexibility index (Phi) is 21.6. The van der Waals surface area contributed by atoms with Crippen molar-refractivity contribution >= 4 is 87.2 Å². The average molecular weight is 1360 g/mol. The summed E-state index contributed by atoms with van der Waals surface area (Å²) in [5.41, 5.74) is 12.6. The molecule has 4 aliphatic rings. The van der Waals surface area contributed by atoms with E-state index in [0.29, 0.717) is 12.1 Å². The lowest BCUT2D eigenvalue weighted by atomic mass is 10.1. The molecule has 16 rings (SSSR count). The van der Waals surface area contributed by atoms with Gasteiger partial charge in [0, 0.05) is 154 Å². The van der Waals surface area contributed by atoms with Crippen LogP contribution in [0.5, 0.6) is 11.5 Å². The molecule has 100 heavy (non-hydrogen) atoms. The first-order valence-corrected chi connectivity index (χ1v) is 36.9. The van der Waals surface area contributed by atoms with Crippen molar-refractivity contribution in [2.45, 2.75) is 157 Å². The third-order valence-corrected chi connectivity index (χ3v) is 21.7. The summed E-state index contributed by atoms with van der Waals surface area (Å²) in [6, 6.07) is 31.5. The minimum Gasteiger partial charge on any atom is -0.497 e. The molecule has 12 aromatic rings. The van der Waals surface area contributed by atoms with E-state index in [-0.39, 0.29) is 28.9 Å². The van der Waals surface area contributed by atoms with Crippen LogP contribution in [-0.4, -0.2) is 151 Å². The molecule has 12 heterocycles. The van der Waals surface area contributed by atoms with Crippen LogP contribution in [0.25, 0.3) is 87.2 Å². The van der Waals surface area contributed by atoms with Crippen molar-refractivity contribution in [3.05, 3.63) is 165 Å². The maximum Gasteiger partial charge on any atom is 0.213 e. The molecule has 4 saturated heterocycles. The van der Waals surface area contributed by atoms with E-state index in [0.717, 1.165) is 136 Å². The number of methoxy groups -OCH3 is 2. The van der Waals surface area contributed by atoms with E-state index in [1.165, 1.54) is 141 Å². The molecule has 0 spiro atoms. The first-order chi connectivity index (χ1) is 48.5. The molecule has 0 bridgehead atoms. The minimum absolute atomic E-state index is 0.0103. The number of aromatic amines is 2. The van der Waals surface area contributed by atoms with Gasteiger partial charge in [-0.3, -0.25) is 14.6 Å². The second-order valence-corrected chi connectivity index (χ2v) is 29.0. The zero-order chi connectivity index (χ0) is 69.9. The van der Waals surface area contributed by atoms with Crippen LogP contribution in [0.2, 0.25) is 0 Å². The number of likely N-dealkylation sites (tertiary alicyclic amines) is 4. The van der Waals surface area contributed by atoms with E-state index in [1.807, 2.05) is 50.5 Å². The maximum atomic E-state index is 14.0. The van der Waals surface area contributed by atoms with Crippen LogP contribution in [0.15, 0.2) is 119 Å². The van der Waals surface area contributed by atoms with Gasteiger partial charge in [-0.2, -0.15) is 8.78 Å². The van der Waals surface area contributed by atoms with Gasteiger partial charge in [-0.25, -0.2) is 4.98 Å². The Hall–Kier alpha value is -8.42. The molecular formula is C82H102F2N12O4. The zero-order valence-electron chi connectivity index (χ0n) is 60.5. The highest BCUT2D eigenvalue weighted by Crippen LogP contribution is 2.40. The number of piperidine rings is 4. The van der Waals surface area contributed by atoms with Crippen molar-refractivity contribution in [2.24, 2.45) is 0 Å². The van der Waals surface area contributed by atoms with Gasteiger partial charge in [-0.1, -0.05) is 25.7 Å². The van der Waals surface area contributed by atoms with Gasteiger partial charge in [0.05, 0.1) is 69.7 Å². The van der Waals surface area contributed by atoms with Gasteiger partial charge in [0.15, 0.2) is 16.8 Å². The van der Waals surface area contributed by atoms with E-state index >= 15 is 0 Å². The number of hydrogen-bond donors (Lipinski definition) is 2. The average Bonchev–Trinajstić information content (AvgIpc) is 1.62. The minimum atomic E-state index is -0.423. The normalized spacial score (nSPS) is 17.3. The molecule has 4 unspecified atom stereocenters. The fraction of sp³-hybridized carbons (Fsp3) is 0.463. The van der Waals surface area contributed by atoms with Crippen molar-refractivity contribution in [1.29, 1.82) is 0 Å². The number of nitrogens with zero attached hydrogens (tertiary/aromatic N) is 10. The Morgan fingerprint density at radius 1 is 0.410 bits per heavy atom. The van der Waals surface area contributed by atoms with E-state index < -0.39 is 5.95 Å². The molecule has 4 aliphatic heterocycles. The molecule has 0 saturated carbocycles. The number of hydrogen-bond acceptors (Lipinski definition) is 10. The van der Waals surface area contributed by atoms with Crippen molar-refractivity contribution in [2.75, 3.05) is 92.8 Å². The van der Waals surface area contributed by atoms with Crippen LogP contribution in [0, 0.1) is 39.6 Å². The van der Waals surface area contributed by atoms with Crippen molar-refractivity contribution < 1.29 is 18.3 Å². The second-order valence-electron chi connectivity index (χ2n) is 29.0. The summed E-state index contributed by atoms with van der Waals surface area (Å²) in [4.78, 5) is 49.0. The number of pyridine rings is 4. The predicted molar refractivity (Wildman–Crippen MR) is 407 cm³/mol. The number of H-pyrrole nitrogens is 2. The zero-order valence-corrected chi connectivity index (χ0v) is 60.5. The number of rotatable bonds is 14. The summed E-state index contributed by atoms with van der Waals surface area (Å²) < 4.78 is 48.3. The molecule has 18 heteroatoms. The standard InChI is InChI=1S/C21H26FN3O.C21H27N3O.C20H24FN3O.C20H25N3O/c1-14(13-24-9-5-4-6-10-24)25-19-11-16(26-3)7-8-17(19)18-12-20(22)23-15(2)21(18)25;1-15(14-23-11-5-4-6-12-23)24-20-13-17(25-3)7-8-18(20)19-9-10-22-16(2)21(19)24;1-13(12-23-8-4-3-5-9-23)24-18-10-15(25)6-7-16(18)17-11-19(21)22-14(2)20(17)24;1-14(13-22-10-4-3-5-11-22)23-19-12-16(24)6-7-17(19)18-8-9-21-15(2)20(18)23/h7-8,11-12,14H,4-6,9-10,13H2,1-3H3;7-10,13,15H,4-6,11-12,14H2,1-3H3;6-7,10-11,13,22H,3-5,8-9,12H2,1-2H3;6-9,12,14,21H,3-5,10-11,13H2,1-2H3. The summed E-state index contributed by atoms with van der Waals surface area (Å²) in [6.45, 7) is 30.6. The quantitative estimate of drug-likeness (QED) is 0.101. The van der Waals surface area contributed by atoms with Gasteiger partial charge in [0.25, 0.3) is 0 Å². The molecule has 8 aromatic heterocycles. The van der Waals surface area contributed by atoms with E-state index in [9.17, 15) is 18.4 Å². The van der Waals surface area contributed by atoms with Crippen LogP contribution in [0.4, 0.5) is 8.78 Å². The van der Waals surface area contributed by atoms with E-state index in [4.69, 9.17) is 9.47 Å². The largest absolute Gasteiger partial charge is 0.497 e. The number of benzene rings is 4. The monoisotopic (exact) mass is 1360 g/mol. The molecule has 4 fully saturated rings. The first-order valence-electron chi connectivity index (χ1n) is 36.9. The van der Waals surface area contributed by atoms with Gasteiger partial charge in [0.2, 0.25) is 5.95 Å². The van der Waals surface area contributed by atoms with Gasteiger partial charge >= 0.3 is 0 Å². The Labute approximate surface area is 585 Å². The fourth-order valence-electron chi connectivity index (χ4n) is 17.2. The van der Waals surface area contributed by atoms with Gasteiger partial charge < -0.3 is 57.3 Å². The Morgan fingerprint density at radius 2 is 0.780 bits per heavy atom. The lowest BCUT2D eigenvalue weighted by Crippen LogP contribution is -2.34. The van der Waals surface area contributed by atoms with Crippen LogP contribution in [-0.2, 0) is 0 Å². The Bertz CT molecular complexity index is 5000. The van der Waals surface area contributed by atoms with Gasteiger partial charge in [0.1, 0.15) is 11.5 Å². The molecule has 0 amide bonds. The molecule has 528 valence electrons. The van der Waals surface area contributed by atoms with E-state index in [1.54, 1.807) is 50.6 Å². The molecule has 4 aromatic carbocycles. The number of aromatic nitrogens is 8. The third kappa shape index (κ3) is 14.6. The molecule has 0 radical (unpaired) electrons. The lowest BCUT2D eigenvalue weighted by molar-refractivity contribution is 0.204. The van der Waals surface area contributed by atoms with Gasteiger partial charge in [-0.15, -0.1) is 0 Å². The highest BCUT2D eigenvalue weighted by Gasteiger charge is 2.27. The molecule has 4 atom stereocenters. The lowest BCUT2D eigenvalue weighted by Gasteiger charge is -2.30.